The van der Waals surface area contributed by atoms with Crippen molar-refractivity contribution in [3.63, 3.8) is 0 Å². The van der Waals surface area contributed by atoms with Crippen LogP contribution in [0.4, 0.5) is 0 Å². The molecule has 0 radical (unpaired) electrons. The number of hydrogen-bond donors (Lipinski definition) is 0. The van der Waals surface area contributed by atoms with Crippen LogP contribution < -0.4 is 10.4 Å². The monoisotopic (exact) mass is 524 g/mol. The van der Waals surface area contributed by atoms with E-state index in [9.17, 15) is 0 Å². The predicted octanol–water partition coefficient (Wildman–Crippen LogP) is 5.92. The third-order valence-electron chi connectivity index (χ3n) is 5.28. The maximum absolute atomic E-state index is 7.06. The van der Waals surface area contributed by atoms with Gasteiger partial charge in [0.2, 0.25) is 9.04 Å². The zero-order valence-electron chi connectivity index (χ0n) is 17.4. The average Bonchev–Trinajstić information content (AvgIpc) is 2.69. The zero-order chi connectivity index (χ0) is 20.4. The van der Waals surface area contributed by atoms with E-state index in [4.69, 9.17) is 4.43 Å². The van der Waals surface area contributed by atoms with E-state index >= 15 is 0 Å². The van der Waals surface area contributed by atoms with Gasteiger partial charge in [-0.2, -0.15) is 0 Å². The molecule has 1 unspecified atom stereocenters. The van der Waals surface area contributed by atoms with Crippen LogP contribution in [0.2, 0.25) is 0 Å². The Balaban J connectivity index is 2.28. The molecule has 0 aromatic heterocycles. The summed E-state index contributed by atoms with van der Waals surface area (Å²) in [6.45, 7) is 6.98. The maximum atomic E-state index is 7.06. The second-order valence-electron chi connectivity index (χ2n) is 8.60. The topological polar surface area (TPSA) is 9.23 Å². The Hall–Kier alpha value is -0.423. The molecule has 0 amide bonds. The molecule has 0 saturated heterocycles. The van der Waals surface area contributed by atoms with E-state index in [0.717, 1.165) is 17.1 Å². The lowest BCUT2D eigenvalue weighted by Crippen LogP contribution is -2.50. The molecule has 0 spiro atoms. The molecule has 1 nitrogen and oxygen atoms in total. The second-order valence-corrected chi connectivity index (χ2v) is 12.6. The summed E-state index contributed by atoms with van der Waals surface area (Å²) in [5.41, 5.74) is 0.119. The van der Waals surface area contributed by atoms with E-state index in [1.807, 2.05) is 0 Å². The number of rotatable bonds is 11. The standard InChI is InChI=1S/C24H34Br2OSi/c1-24(2,3)23(19-20(16-18-26)11-10-17-25)27-28(21-12-6-4-7-13-21)22-14-8-5-9-15-22/h4-9,12-15,20,23,28H,10-11,16-19H2,1-3H3/t20-,23?/m1/s1. The van der Waals surface area contributed by atoms with Crippen LogP contribution in [0.3, 0.4) is 0 Å². The molecule has 0 N–H and O–H groups in total. The Kier molecular flexibility index (Phi) is 10.5. The smallest absolute Gasteiger partial charge is 0.240 e. The summed E-state index contributed by atoms with van der Waals surface area (Å²) in [6.07, 6.45) is 5.09. The number of halogens is 2. The van der Waals surface area contributed by atoms with Gasteiger partial charge in [-0.15, -0.1) is 0 Å². The Labute approximate surface area is 190 Å². The molecule has 0 bridgehead atoms. The van der Waals surface area contributed by atoms with Gasteiger partial charge in [0, 0.05) is 10.7 Å². The summed E-state index contributed by atoms with van der Waals surface area (Å²) in [4.78, 5) is 0. The van der Waals surface area contributed by atoms with E-state index in [-0.39, 0.29) is 11.5 Å². The fraction of sp³-hybridized carbons (Fsp3) is 0.500. The summed E-state index contributed by atoms with van der Waals surface area (Å²) >= 11 is 7.26. The van der Waals surface area contributed by atoms with Gasteiger partial charge in [0.25, 0.3) is 0 Å². The molecule has 28 heavy (non-hydrogen) atoms. The first-order chi connectivity index (χ1) is 13.5. The molecule has 2 atom stereocenters. The van der Waals surface area contributed by atoms with Crippen molar-refractivity contribution >= 4 is 51.3 Å². The lowest BCUT2D eigenvalue weighted by atomic mass is 9.82. The first-order valence-electron chi connectivity index (χ1n) is 10.3. The SMILES string of the molecule is CC(C)(C)C(C[C@@H](CCBr)CCCBr)O[SiH](c1ccccc1)c1ccccc1. The summed E-state index contributed by atoms with van der Waals surface area (Å²) in [6, 6.07) is 21.7. The zero-order valence-corrected chi connectivity index (χ0v) is 21.7. The molecule has 2 aromatic rings. The van der Waals surface area contributed by atoms with Crippen molar-refractivity contribution in [3.05, 3.63) is 60.7 Å². The highest BCUT2D eigenvalue weighted by molar-refractivity contribution is 9.09. The van der Waals surface area contributed by atoms with Crippen molar-refractivity contribution in [2.45, 2.75) is 52.6 Å². The van der Waals surface area contributed by atoms with Crippen LogP contribution in [0.5, 0.6) is 0 Å². The molecule has 2 aromatic carbocycles. The maximum Gasteiger partial charge on any atom is 0.240 e. The van der Waals surface area contributed by atoms with Gasteiger partial charge in [0.15, 0.2) is 0 Å². The van der Waals surface area contributed by atoms with Crippen LogP contribution in [-0.2, 0) is 4.43 Å². The first kappa shape index (κ1) is 23.9. The van der Waals surface area contributed by atoms with Gasteiger partial charge in [0.05, 0.1) is 6.10 Å². The first-order valence-corrected chi connectivity index (χ1v) is 14.2. The Morgan fingerprint density at radius 3 is 1.79 bits per heavy atom. The quantitative estimate of drug-likeness (QED) is 0.261. The normalized spacial score (nSPS) is 14.2. The fourth-order valence-electron chi connectivity index (χ4n) is 3.59. The van der Waals surface area contributed by atoms with Crippen LogP contribution in [0.25, 0.3) is 0 Å². The van der Waals surface area contributed by atoms with Gasteiger partial charge >= 0.3 is 0 Å². The highest BCUT2D eigenvalue weighted by Crippen LogP contribution is 2.31. The van der Waals surface area contributed by atoms with E-state index < -0.39 is 9.04 Å². The minimum absolute atomic E-state index is 0.119. The molecule has 154 valence electrons. The lowest BCUT2D eigenvalue weighted by molar-refractivity contribution is 0.0634. The molecule has 4 heteroatoms. The number of benzene rings is 2. The largest absolute Gasteiger partial charge is 0.407 e. The summed E-state index contributed by atoms with van der Waals surface area (Å²) < 4.78 is 7.06. The minimum Gasteiger partial charge on any atom is -0.407 e. The van der Waals surface area contributed by atoms with Crippen molar-refractivity contribution in [2.24, 2.45) is 11.3 Å². The average molecular weight is 526 g/mol. The molecule has 0 fully saturated rings. The molecule has 0 saturated carbocycles. The number of hydrogen-bond acceptors (Lipinski definition) is 1. The van der Waals surface area contributed by atoms with Gasteiger partial charge < -0.3 is 4.43 Å². The van der Waals surface area contributed by atoms with Crippen LogP contribution in [0.15, 0.2) is 60.7 Å². The summed E-state index contributed by atoms with van der Waals surface area (Å²) in [5, 5.41) is 4.87. The van der Waals surface area contributed by atoms with Crippen LogP contribution in [0, 0.1) is 11.3 Å². The Bertz CT molecular complexity index is 618. The summed E-state index contributed by atoms with van der Waals surface area (Å²) in [7, 11) is -1.74. The van der Waals surface area contributed by atoms with E-state index in [1.165, 1.54) is 29.6 Å². The molecule has 0 aliphatic carbocycles. The Morgan fingerprint density at radius 1 is 0.821 bits per heavy atom. The highest BCUT2D eigenvalue weighted by Gasteiger charge is 2.32. The molecule has 0 aliphatic heterocycles. The van der Waals surface area contributed by atoms with Gasteiger partial charge in [-0.25, -0.2) is 0 Å². The van der Waals surface area contributed by atoms with Crippen LogP contribution in [0.1, 0.15) is 46.5 Å². The second kappa shape index (κ2) is 12.3. The third kappa shape index (κ3) is 7.77. The van der Waals surface area contributed by atoms with Gasteiger partial charge in [0.1, 0.15) is 0 Å². The Morgan fingerprint density at radius 2 is 1.36 bits per heavy atom. The molecule has 0 heterocycles. The van der Waals surface area contributed by atoms with Crippen molar-refractivity contribution in [3.8, 4) is 0 Å². The van der Waals surface area contributed by atoms with E-state index in [1.54, 1.807) is 0 Å². The van der Waals surface area contributed by atoms with Crippen molar-refractivity contribution in [1.29, 1.82) is 0 Å². The third-order valence-corrected chi connectivity index (χ3v) is 8.88. The minimum atomic E-state index is -1.74. The number of alkyl halides is 2. The molecular formula is C24H34Br2OSi. The fourth-order valence-corrected chi connectivity index (χ4v) is 7.25. The molecular weight excluding hydrogens is 492 g/mol. The van der Waals surface area contributed by atoms with Crippen molar-refractivity contribution in [2.75, 3.05) is 10.7 Å². The van der Waals surface area contributed by atoms with Crippen LogP contribution >= 0.6 is 31.9 Å². The predicted molar refractivity (Wildman–Crippen MR) is 133 cm³/mol. The van der Waals surface area contributed by atoms with Gasteiger partial charge in [-0.1, -0.05) is 113 Å². The van der Waals surface area contributed by atoms with E-state index in [2.05, 4.69) is 113 Å². The van der Waals surface area contributed by atoms with Crippen molar-refractivity contribution < 1.29 is 4.43 Å². The molecule has 0 aliphatic rings. The highest BCUT2D eigenvalue weighted by atomic mass is 79.9. The lowest BCUT2D eigenvalue weighted by Gasteiger charge is -2.37. The van der Waals surface area contributed by atoms with E-state index in [0.29, 0.717) is 5.92 Å². The van der Waals surface area contributed by atoms with Gasteiger partial charge in [-0.05, 0) is 47.4 Å². The van der Waals surface area contributed by atoms with Crippen molar-refractivity contribution in [1.82, 2.24) is 0 Å². The van der Waals surface area contributed by atoms with Gasteiger partial charge in [-0.3, -0.25) is 0 Å². The molecule has 2 rings (SSSR count). The summed E-state index contributed by atoms with van der Waals surface area (Å²) in [5.74, 6) is 0.697. The van der Waals surface area contributed by atoms with Crippen LogP contribution in [-0.4, -0.2) is 25.8 Å².